The van der Waals surface area contributed by atoms with Crippen molar-refractivity contribution >= 4 is 33.4 Å². The van der Waals surface area contributed by atoms with Crippen LogP contribution in [0.15, 0.2) is 46.9 Å². The molecular formula is C16H12BrClN4O. The van der Waals surface area contributed by atoms with Crippen LogP contribution >= 0.6 is 27.5 Å². The Morgan fingerprint density at radius 1 is 1.22 bits per heavy atom. The minimum atomic E-state index is -0.679. The lowest BCUT2D eigenvalue weighted by atomic mass is 10.1. The summed E-state index contributed by atoms with van der Waals surface area (Å²) in [5.74, 6) is -0.194. The lowest BCUT2D eigenvalue weighted by molar-refractivity contribution is 0.0990. The van der Waals surface area contributed by atoms with Gasteiger partial charge < -0.3 is 5.73 Å². The second kappa shape index (κ2) is 6.14. The third-order valence-corrected chi connectivity index (χ3v) is 4.34. The molecule has 1 heterocycles. The zero-order valence-electron chi connectivity index (χ0n) is 12.1. The number of amides is 1. The summed E-state index contributed by atoms with van der Waals surface area (Å²) in [4.78, 5) is 15.8. The van der Waals surface area contributed by atoms with Gasteiger partial charge in [0.1, 0.15) is 0 Å². The van der Waals surface area contributed by atoms with Gasteiger partial charge in [-0.3, -0.25) is 4.79 Å². The Bertz CT molecular complexity index is 890. The van der Waals surface area contributed by atoms with Crippen LogP contribution in [0.4, 0.5) is 0 Å². The van der Waals surface area contributed by atoms with Gasteiger partial charge in [0.25, 0.3) is 5.91 Å². The van der Waals surface area contributed by atoms with Crippen LogP contribution in [-0.4, -0.2) is 20.7 Å². The first-order chi connectivity index (χ1) is 11.0. The highest BCUT2D eigenvalue weighted by Crippen LogP contribution is 2.27. The van der Waals surface area contributed by atoms with E-state index in [0.29, 0.717) is 10.8 Å². The van der Waals surface area contributed by atoms with Crippen molar-refractivity contribution in [3.63, 3.8) is 0 Å². The molecule has 0 aliphatic heterocycles. The minimum Gasteiger partial charge on any atom is -0.363 e. The first kappa shape index (κ1) is 15.7. The Morgan fingerprint density at radius 3 is 2.57 bits per heavy atom. The lowest BCUT2D eigenvalue weighted by Gasteiger charge is -2.10. The fraction of sp³-hybridized carbons (Fsp3) is 0.0625. The SMILES string of the molecule is Cc1c(Cl)cccc1-n1nc(C(N)=O)nc1-c1ccc(Br)cc1. The molecule has 3 rings (SSSR count). The largest absolute Gasteiger partial charge is 0.363 e. The second-order valence-electron chi connectivity index (χ2n) is 4.93. The fourth-order valence-corrected chi connectivity index (χ4v) is 2.63. The smallest absolute Gasteiger partial charge is 0.288 e. The van der Waals surface area contributed by atoms with Gasteiger partial charge in [0.05, 0.1) is 5.69 Å². The lowest BCUT2D eigenvalue weighted by Crippen LogP contribution is -2.13. The quantitative estimate of drug-likeness (QED) is 0.739. The van der Waals surface area contributed by atoms with Crippen LogP contribution in [0.2, 0.25) is 5.02 Å². The monoisotopic (exact) mass is 390 g/mol. The van der Waals surface area contributed by atoms with Crippen LogP contribution in [0, 0.1) is 6.92 Å². The van der Waals surface area contributed by atoms with Gasteiger partial charge in [-0.2, -0.15) is 0 Å². The van der Waals surface area contributed by atoms with E-state index in [1.807, 2.05) is 43.3 Å². The topological polar surface area (TPSA) is 73.8 Å². The summed E-state index contributed by atoms with van der Waals surface area (Å²) >= 11 is 9.59. The number of hydrogen-bond donors (Lipinski definition) is 1. The molecule has 0 radical (unpaired) electrons. The number of aromatic nitrogens is 3. The van der Waals surface area contributed by atoms with E-state index in [-0.39, 0.29) is 5.82 Å². The van der Waals surface area contributed by atoms with Crippen LogP contribution < -0.4 is 5.73 Å². The summed E-state index contributed by atoms with van der Waals surface area (Å²) in [7, 11) is 0. The van der Waals surface area contributed by atoms with Crippen molar-refractivity contribution in [1.29, 1.82) is 0 Å². The Labute approximate surface area is 146 Å². The number of nitrogens with zero attached hydrogens (tertiary/aromatic N) is 3. The first-order valence-corrected chi connectivity index (χ1v) is 7.93. The van der Waals surface area contributed by atoms with E-state index in [9.17, 15) is 4.79 Å². The predicted octanol–water partition coefficient (Wildman–Crippen LogP) is 3.76. The summed E-state index contributed by atoms with van der Waals surface area (Å²) in [6.45, 7) is 1.88. The van der Waals surface area contributed by atoms with E-state index in [2.05, 4.69) is 26.0 Å². The Kier molecular flexibility index (Phi) is 4.19. The highest BCUT2D eigenvalue weighted by Gasteiger charge is 2.18. The maximum Gasteiger partial charge on any atom is 0.288 e. The molecule has 0 saturated carbocycles. The molecule has 5 nitrogen and oxygen atoms in total. The summed E-state index contributed by atoms with van der Waals surface area (Å²) in [5, 5.41) is 4.85. The predicted molar refractivity (Wildman–Crippen MR) is 92.8 cm³/mol. The first-order valence-electron chi connectivity index (χ1n) is 6.75. The van der Waals surface area contributed by atoms with Crippen molar-refractivity contribution in [3.05, 3.63) is 63.3 Å². The number of hydrogen-bond acceptors (Lipinski definition) is 3. The van der Waals surface area contributed by atoms with Crippen molar-refractivity contribution in [1.82, 2.24) is 14.8 Å². The number of carbonyl (C=O) groups excluding carboxylic acids is 1. The zero-order valence-corrected chi connectivity index (χ0v) is 14.5. The summed E-state index contributed by atoms with van der Waals surface area (Å²) in [6.07, 6.45) is 0. The van der Waals surface area contributed by atoms with E-state index >= 15 is 0 Å². The van der Waals surface area contributed by atoms with Gasteiger partial charge in [-0.25, -0.2) is 9.67 Å². The molecule has 0 aliphatic rings. The van der Waals surface area contributed by atoms with Crippen molar-refractivity contribution in [2.24, 2.45) is 5.73 Å². The zero-order chi connectivity index (χ0) is 16.6. The van der Waals surface area contributed by atoms with E-state index in [1.165, 1.54) is 0 Å². The molecule has 0 bridgehead atoms. The molecule has 7 heteroatoms. The Morgan fingerprint density at radius 2 is 1.91 bits per heavy atom. The maximum atomic E-state index is 11.5. The molecule has 1 aromatic heterocycles. The Hall–Kier alpha value is -2.18. The van der Waals surface area contributed by atoms with Gasteiger partial charge in [-0.05, 0) is 36.8 Å². The summed E-state index contributed by atoms with van der Waals surface area (Å²) in [6, 6.07) is 13.0. The number of carbonyl (C=O) groups is 1. The van der Waals surface area contributed by atoms with E-state index in [0.717, 1.165) is 21.3 Å². The molecule has 2 N–H and O–H groups in total. The molecule has 23 heavy (non-hydrogen) atoms. The minimum absolute atomic E-state index is 0.0395. The number of nitrogens with two attached hydrogens (primary N) is 1. The van der Waals surface area contributed by atoms with Crippen LogP contribution in [0.5, 0.6) is 0 Å². The molecule has 0 saturated heterocycles. The van der Waals surface area contributed by atoms with Crippen LogP contribution in [-0.2, 0) is 0 Å². The standard InChI is InChI=1S/C16H12BrClN4O/c1-9-12(18)3-2-4-13(9)22-16(20-15(21-22)14(19)23)10-5-7-11(17)8-6-10/h2-8H,1H3,(H2,19,23). The number of rotatable bonds is 3. The van der Waals surface area contributed by atoms with Crippen LogP contribution in [0.25, 0.3) is 17.1 Å². The van der Waals surface area contributed by atoms with Gasteiger partial charge in [0.15, 0.2) is 5.82 Å². The van der Waals surface area contributed by atoms with Gasteiger partial charge in [-0.15, -0.1) is 5.10 Å². The number of halogens is 2. The van der Waals surface area contributed by atoms with E-state index in [1.54, 1.807) is 10.7 Å². The second-order valence-corrected chi connectivity index (χ2v) is 6.25. The van der Waals surface area contributed by atoms with E-state index in [4.69, 9.17) is 17.3 Å². The van der Waals surface area contributed by atoms with Gasteiger partial charge in [0, 0.05) is 15.1 Å². The van der Waals surface area contributed by atoms with Crippen LogP contribution in [0.3, 0.4) is 0 Å². The fourth-order valence-electron chi connectivity index (χ4n) is 2.20. The van der Waals surface area contributed by atoms with Crippen LogP contribution in [0.1, 0.15) is 16.2 Å². The third kappa shape index (κ3) is 3.00. The highest BCUT2D eigenvalue weighted by atomic mass is 79.9. The molecule has 0 unspecified atom stereocenters. The number of benzene rings is 2. The molecular weight excluding hydrogens is 380 g/mol. The van der Waals surface area contributed by atoms with Gasteiger partial charge in [-0.1, -0.05) is 45.7 Å². The summed E-state index contributed by atoms with van der Waals surface area (Å²) < 4.78 is 2.53. The van der Waals surface area contributed by atoms with Crippen molar-refractivity contribution < 1.29 is 4.79 Å². The highest BCUT2D eigenvalue weighted by molar-refractivity contribution is 9.10. The van der Waals surface area contributed by atoms with Crippen molar-refractivity contribution in [2.75, 3.05) is 0 Å². The molecule has 3 aromatic rings. The average molecular weight is 392 g/mol. The Balaban J connectivity index is 2.25. The normalized spacial score (nSPS) is 10.7. The number of primary amides is 1. The van der Waals surface area contributed by atoms with Crippen molar-refractivity contribution in [2.45, 2.75) is 6.92 Å². The molecule has 116 valence electrons. The molecule has 0 atom stereocenters. The molecule has 1 amide bonds. The molecule has 2 aromatic carbocycles. The molecule has 0 aliphatic carbocycles. The van der Waals surface area contributed by atoms with Gasteiger partial charge >= 0.3 is 0 Å². The molecule has 0 spiro atoms. The summed E-state index contributed by atoms with van der Waals surface area (Å²) in [5.41, 5.74) is 7.73. The maximum absolute atomic E-state index is 11.5. The third-order valence-electron chi connectivity index (χ3n) is 3.40. The van der Waals surface area contributed by atoms with E-state index < -0.39 is 5.91 Å². The van der Waals surface area contributed by atoms with Crippen molar-refractivity contribution in [3.8, 4) is 17.1 Å². The average Bonchev–Trinajstić information content (AvgIpc) is 2.96. The molecule has 0 fully saturated rings. The van der Waals surface area contributed by atoms with Gasteiger partial charge in [0.2, 0.25) is 5.82 Å².